The smallest absolute Gasteiger partial charge is 0.267 e. The first-order valence-electron chi connectivity index (χ1n) is 6.19. The molecular formula is C12H13N5O2S. The lowest BCUT2D eigenvalue weighted by atomic mass is 10.2. The Morgan fingerprint density at radius 2 is 2.40 bits per heavy atom. The number of aromatic amines is 1. The molecule has 0 aliphatic carbocycles. The Morgan fingerprint density at radius 3 is 3.15 bits per heavy atom. The van der Waals surface area contributed by atoms with E-state index in [0.29, 0.717) is 11.7 Å². The molecule has 1 aliphatic rings. The van der Waals surface area contributed by atoms with Gasteiger partial charge in [0.25, 0.3) is 11.5 Å². The third-order valence-corrected chi connectivity index (χ3v) is 4.14. The van der Waals surface area contributed by atoms with Crippen molar-refractivity contribution >= 4 is 17.7 Å². The van der Waals surface area contributed by atoms with Crippen LogP contribution in [0.4, 0.5) is 0 Å². The summed E-state index contributed by atoms with van der Waals surface area (Å²) in [6.07, 6.45) is 4.69. The summed E-state index contributed by atoms with van der Waals surface area (Å²) in [6.45, 7) is 2.43. The van der Waals surface area contributed by atoms with Crippen molar-refractivity contribution in [3.8, 4) is 0 Å². The van der Waals surface area contributed by atoms with Gasteiger partial charge in [0, 0.05) is 30.3 Å². The zero-order chi connectivity index (χ0) is 14.1. The number of amides is 1. The number of nitrogens with zero attached hydrogens (tertiary/aromatic N) is 3. The van der Waals surface area contributed by atoms with Crippen molar-refractivity contribution in [1.29, 1.82) is 0 Å². The number of aromatic nitrogens is 4. The fourth-order valence-corrected chi connectivity index (χ4v) is 2.94. The fourth-order valence-electron chi connectivity index (χ4n) is 2.03. The molecule has 2 aromatic rings. The molecule has 104 valence electrons. The molecule has 0 spiro atoms. The fraction of sp³-hybridized carbons (Fsp3) is 0.333. The van der Waals surface area contributed by atoms with Crippen molar-refractivity contribution in [3.63, 3.8) is 0 Å². The van der Waals surface area contributed by atoms with Gasteiger partial charge in [0.05, 0.1) is 12.2 Å². The molecule has 1 unspecified atom stereocenters. The van der Waals surface area contributed by atoms with Crippen molar-refractivity contribution in [1.82, 2.24) is 25.1 Å². The number of carbonyl (C=O) groups excluding carboxylic acids is 1. The lowest BCUT2D eigenvalue weighted by molar-refractivity contribution is 0.0937. The average molecular weight is 291 g/mol. The van der Waals surface area contributed by atoms with Crippen LogP contribution in [0.15, 0.2) is 28.5 Å². The summed E-state index contributed by atoms with van der Waals surface area (Å²) in [4.78, 5) is 28.5. The van der Waals surface area contributed by atoms with Crippen LogP contribution in [0.5, 0.6) is 0 Å². The van der Waals surface area contributed by atoms with E-state index in [1.807, 2.05) is 6.92 Å². The van der Waals surface area contributed by atoms with Crippen molar-refractivity contribution in [2.24, 2.45) is 0 Å². The van der Waals surface area contributed by atoms with Crippen LogP contribution in [0.25, 0.3) is 0 Å². The predicted octanol–water partition coefficient (Wildman–Crippen LogP) is 0.563. The van der Waals surface area contributed by atoms with E-state index < -0.39 is 5.91 Å². The molecule has 7 nitrogen and oxygen atoms in total. The van der Waals surface area contributed by atoms with Crippen LogP contribution >= 0.6 is 11.8 Å². The van der Waals surface area contributed by atoms with E-state index in [-0.39, 0.29) is 17.2 Å². The molecule has 3 rings (SSSR count). The van der Waals surface area contributed by atoms with Gasteiger partial charge in [-0.3, -0.25) is 19.3 Å². The standard InChI is InChI=1S/C12H13N5O2S/c1-7(8-4-14-15-5-8)16-10(18)9-6-13-12-17(11(9)19)2-3-20-12/h4-7H,2-3H2,1H3,(H,14,15)(H,16,18). The van der Waals surface area contributed by atoms with E-state index in [9.17, 15) is 9.59 Å². The minimum atomic E-state index is -0.414. The molecule has 1 atom stereocenters. The van der Waals surface area contributed by atoms with Crippen molar-refractivity contribution < 1.29 is 4.79 Å². The Bertz CT molecular complexity index is 694. The van der Waals surface area contributed by atoms with E-state index in [0.717, 1.165) is 11.3 Å². The Morgan fingerprint density at radius 1 is 1.55 bits per heavy atom. The summed E-state index contributed by atoms with van der Waals surface area (Å²) in [7, 11) is 0. The number of thioether (sulfide) groups is 1. The van der Waals surface area contributed by atoms with Crippen LogP contribution in [0.3, 0.4) is 0 Å². The molecule has 0 fully saturated rings. The number of nitrogens with one attached hydrogen (secondary N) is 2. The highest BCUT2D eigenvalue weighted by Crippen LogP contribution is 2.20. The van der Waals surface area contributed by atoms with Crippen LogP contribution in [-0.2, 0) is 6.54 Å². The minimum absolute atomic E-state index is 0.0756. The maximum absolute atomic E-state index is 12.2. The summed E-state index contributed by atoms with van der Waals surface area (Å²) in [5.74, 6) is 0.405. The highest BCUT2D eigenvalue weighted by Gasteiger charge is 2.21. The van der Waals surface area contributed by atoms with Gasteiger partial charge < -0.3 is 5.32 Å². The molecule has 2 aromatic heterocycles. The Balaban J connectivity index is 1.83. The van der Waals surface area contributed by atoms with Gasteiger partial charge in [-0.15, -0.1) is 0 Å². The number of fused-ring (bicyclic) bond motifs is 1. The third kappa shape index (κ3) is 2.22. The molecule has 1 aliphatic heterocycles. The van der Waals surface area contributed by atoms with Crippen molar-refractivity contribution in [2.45, 2.75) is 24.7 Å². The van der Waals surface area contributed by atoms with E-state index in [4.69, 9.17) is 0 Å². The molecule has 3 heterocycles. The summed E-state index contributed by atoms with van der Waals surface area (Å²) in [5, 5.41) is 9.96. The second kappa shape index (κ2) is 5.12. The van der Waals surface area contributed by atoms with Gasteiger partial charge in [0.1, 0.15) is 5.56 Å². The topological polar surface area (TPSA) is 92.7 Å². The first-order chi connectivity index (χ1) is 9.66. The van der Waals surface area contributed by atoms with Crippen LogP contribution in [0.2, 0.25) is 0 Å². The zero-order valence-corrected chi connectivity index (χ0v) is 11.6. The van der Waals surface area contributed by atoms with E-state index in [1.54, 1.807) is 17.0 Å². The molecule has 0 saturated carbocycles. The van der Waals surface area contributed by atoms with Crippen molar-refractivity contribution in [3.05, 3.63) is 40.1 Å². The molecule has 0 aromatic carbocycles. The van der Waals surface area contributed by atoms with E-state index in [2.05, 4.69) is 20.5 Å². The maximum atomic E-state index is 12.2. The predicted molar refractivity (Wildman–Crippen MR) is 73.7 cm³/mol. The molecule has 0 saturated heterocycles. The van der Waals surface area contributed by atoms with Gasteiger partial charge in [0.2, 0.25) is 0 Å². The first-order valence-corrected chi connectivity index (χ1v) is 7.17. The third-order valence-electron chi connectivity index (χ3n) is 3.17. The summed E-state index contributed by atoms with van der Waals surface area (Å²) in [6, 6.07) is -0.228. The quantitative estimate of drug-likeness (QED) is 0.806. The summed E-state index contributed by atoms with van der Waals surface area (Å²) >= 11 is 1.52. The molecule has 1 amide bonds. The molecule has 20 heavy (non-hydrogen) atoms. The Hall–Kier alpha value is -2.09. The molecule has 2 N–H and O–H groups in total. The summed E-state index contributed by atoms with van der Waals surface area (Å²) < 4.78 is 1.54. The van der Waals surface area contributed by atoms with Gasteiger partial charge in [-0.2, -0.15) is 5.10 Å². The minimum Gasteiger partial charge on any atom is -0.345 e. The number of rotatable bonds is 3. The van der Waals surface area contributed by atoms with Crippen LogP contribution < -0.4 is 10.9 Å². The second-order valence-electron chi connectivity index (χ2n) is 4.49. The average Bonchev–Trinajstić information content (AvgIpc) is 3.10. The number of hydrogen-bond donors (Lipinski definition) is 2. The molecule has 0 bridgehead atoms. The zero-order valence-electron chi connectivity index (χ0n) is 10.8. The SMILES string of the molecule is CC(NC(=O)c1cnc2n(c1=O)CCS2)c1cn[nH]c1. The second-order valence-corrected chi connectivity index (χ2v) is 5.55. The van der Waals surface area contributed by atoms with E-state index in [1.165, 1.54) is 18.0 Å². The largest absolute Gasteiger partial charge is 0.345 e. The van der Waals surface area contributed by atoms with Gasteiger partial charge in [0.15, 0.2) is 5.16 Å². The lowest BCUT2D eigenvalue weighted by Gasteiger charge is -2.12. The van der Waals surface area contributed by atoms with Crippen molar-refractivity contribution in [2.75, 3.05) is 5.75 Å². The highest BCUT2D eigenvalue weighted by atomic mass is 32.2. The molecule has 0 radical (unpaired) electrons. The normalized spacial score (nSPS) is 14.8. The Labute approximate surface area is 118 Å². The maximum Gasteiger partial charge on any atom is 0.267 e. The van der Waals surface area contributed by atoms with Gasteiger partial charge in [-0.25, -0.2) is 4.98 Å². The monoisotopic (exact) mass is 291 g/mol. The number of H-pyrrole nitrogens is 1. The lowest BCUT2D eigenvalue weighted by Crippen LogP contribution is -2.34. The molecular weight excluding hydrogens is 278 g/mol. The number of hydrogen-bond acceptors (Lipinski definition) is 5. The van der Waals surface area contributed by atoms with Gasteiger partial charge in [-0.05, 0) is 6.92 Å². The van der Waals surface area contributed by atoms with Gasteiger partial charge >= 0.3 is 0 Å². The van der Waals surface area contributed by atoms with Crippen LogP contribution in [0.1, 0.15) is 28.9 Å². The summed E-state index contributed by atoms with van der Waals surface area (Å²) in [5.41, 5.74) is 0.645. The van der Waals surface area contributed by atoms with Crippen LogP contribution in [0, 0.1) is 0 Å². The highest BCUT2D eigenvalue weighted by molar-refractivity contribution is 7.99. The van der Waals surface area contributed by atoms with E-state index >= 15 is 0 Å². The first kappa shape index (κ1) is 12.9. The van der Waals surface area contributed by atoms with Gasteiger partial charge in [-0.1, -0.05) is 11.8 Å². The Kier molecular flexibility index (Phi) is 3.31. The van der Waals surface area contributed by atoms with Crippen LogP contribution in [-0.4, -0.2) is 31.4 Å². The molecule has 8 heteroatoms. The number of carbonyl (C=O) groups is 1.